The second kappa shape index (κ2) is 7.13. The van der Waals surface area contributed by atoms with E-state index in [2.05, 4.69) is 5.32 Å². The van der Waals surface area contributed by atoms with Crippen molar-refractivity contribution in [1.82, 2.24) is 4.90 Å². The molecular weight excluding hydrogens is 308 g/mol. The first kappa shape index (κ1) is 16.6. The Morgan fingerprint density at radius 1 is 1.17 bits per heavy atom. The smallest absolute Gasteiger partial charge is 0.229 e. The van der Waals surface area contributed by atoms with Crippen molar-refractivity contribution >= 4 is 23.3 Å². The lowest BCUT2D eigenvalue weighted by Gasteiger charge is -2.31. The van der Waals surface area contributed by atoms with Gasteiger partial charge in [-0.2, -0.15) is 0 Å². The number of rotatable bonds is 4. The van der Waals surface area contributed by atoms with E-state index in [9.17, 15) is 14.4 Å². The summed E-state index contributed by atoms with van der Waals surface area (Å²) in [5.74, 6) is -0.434. The third-order valence-corrected chi connectivity index (χ3v) is 4.72. The number of nitrogens with one attached hydrogen (secondary N) is 1. The van der Waals surface area contributed by atoms with E-state index in [4.69, 9.17) is 4.74 Å². The van der Waals surface area contributed by atoms with Crippen molar-refractivity contribution < 1.29 is 19.1 Å². The van der Waals surface area contributed by atoms with Gasteiger partial charge < -0.3 is 15.0 Å². The number of hydrogen-bond acceptors (Lipinski definition) is 4. The van der Waals surface area contributed by atoms with Crippen LogP contribution in [0.4, 0.5) is 5.69 Å². The van der Waals surface area contributed by atoms with E-state index in [0.717, 1.165) is 12.8 Å². The van der Waals surface area contributed by atoms with Crippen LogP contribution in [0.25, 0.3) is 0 Å². The van der Waals surface area contributed by atoms with Gasteiger partial charge in [-0.15, -0.1) is 0 Å². The van der Waals surface area contributed by atoms with Crippen molar-refractivity contribution in [2.45, 2.75) is 32.2 Å². The molecular formula is C18H22N2O4. The van der Waals surface area contributed by atoms with Crippen molar-refractivity contribution in [2.75, 3.05) is 25.1 Å². The first-order chi connectivity index (χ1) is 11.5. The van der Waals surface area contributed by atoms with E-state index >= 15 is 0 Å². The van der Waals surface area contributed by atoms with Crippen molar-refractivity contribution in [3.63, 3.8) is 0 Å². The molecule has 6 nitrogen and oxygen atoms in total. The van der Waals surface area contributed by atoms with Gasteiger partial charge in [-0.05, 0) is 44.0 Å². The highest BCUT2D eigenvalue weighted by Gasteiger charge is 2.38. The minimum absolute atomic E-state index is 0.0126. The molecule has 6 heteroatoms. The summed E-state index contributed by atoms with van der Waals surface area (Å²) in [5.41, 5.74) is 1.25. The number of anilines is 1. The summed E-state index contributed by atoms with van der Waals surface area (Å²) in [4.78, 5) is 37.8. The van der Waals surface area contributed by atoms with Gasteiger partial charge in [0.25, 0.3) is 0 Å². The largest absolute Gasteiger partial charge is 0.381 e. The fourth-order valence-electron chi connectivity index (χ4n) is 3.29. The summed E-state index contributed by atoms with van der Waals surface area (Å²) in [6.07, 6.45) is 1.94. The molecule has 2 aliphatic rings. The van der Waals surface area contributed by atoms with Crippen LogP contribution in [0, 0.1) is 5.92 Å². The predicted octanol–water partition coefficient (Wildman–Crippen LogP) is 1.86. The van der Waals surface area contributed by atoms with E-state index in [1.807, 2.05) is 4.90 Å². The van der Waals surface area contributed by atoms with Crippen LogP contribution in [0.3, 0.4) is 0 Å². The summed E-state index contributed by atoms with van der Waals surface area (Å²) in [7, 11) is 0. The highest BCUT2D eigenvalue weighted by atomic mass is 16.5. The number of ketones is 1. The fraction of sp³-hybridized carbons (Fsp3) is 0.500. The molecule has 0 spiro atoms. The number of benzene rings is 1. The van der Waals surface area contributed by atoms with E-state index in [1.54, 1.807) is 24.3 Å². The number of ether oxygens (including phenoxy) is 1. The number of nitrogens with zero attached hydrogens (tertiary/aromatic N) is 1. The lowest BCUT2D eigenvalue weighted by atomic mass is 10.1. The maximum Gasteiger partial charge on any atom is 0.229 e. The maximum absolute atomic E-state index is 12.4. The van der Waals surface area contributed by atoms with E-state index < -0.39 is 0 Å². The minimum Gasteiger partial charge on any atom is -0.381 e. The van der Waals surface area contributed by atoms with Crippen molar-refractivity contribution in [1.29, 1.82) is 0 Å². The van der Waals surface area contributed by atoms with Crippen LogP contribution in [0.1, 0.15) is 36.5 Å². The molecule has 128 valence electrons. The molecule has 2 heterocycles. The van der Waals surface area contributed by atoms with Crippen LogP contribution in [0.15, 0.2) is 24.3 Å². The van der Waals surface area contributed by atoms with Crippen LogP contribution in [-0.4, -0.2) is 48.3 Å². The number of likely N-dealkylation sites (tertiary alicyclic amines) is 1. The SMILES string of the molecule is CC(=O)c1ccc(NC(=O)C2CC(=O)N(C3CCOCC3)C2)cc1. The number of Topliss-reactive ketones (excluding diaryl/α,β-unsaturated/α-hetero) is 1. The molecule has 1 N–H and O–H groups in total. The molecule has 0 aromatic heterocycles. The number of carbonyl (C=O) groups excluding carboxylic acids is 3. The molecule has 1 atom stereocenters. The number of amides is 2. The molecule has 0 aliphatic carbocycles. The Hall–Kier alpha value is -2.21. The van der Waals surface area contributed by atoms with E-state index in [-0.39, 0.29) is 36.0 Å². The molecule has 0 bridgehead atoms. The van der Waals surface area contributed by atoms with E-state index in [0.29, 0.717) is 31.0 Å². The van der Waals surface area contributed by atoms with Crippen LogP contribution < -0.4 is 5.32 Å². The summed E-state index contributed by atoms with van der Waals surface area (Å²) in [5, 5.41) is 2.84. The fourth-order valence-corrected chi connectivity index (χ4v) is 3.29. The summed E-state index contributed by atoms with van der Waals surface area (Å²) < 4.78 is 5.33. The first-order valence-electron chi connectivity index (χ1n) is 8.33. The molecule has 1 aromatic rings. The summed E-state index contributed by atoms with van der Waals surface area (Å²) in [6.45, 7) is 3.32. The van der Waals surface area contributed by atoms with Gasteiger partial charge in [0, 0.05) is 43.5 Å². The van der Waals surface area contributed by atoms with Gasteiger partial charge in [-0.3, -0.25) is 14.4 Å². The van der Waals surface area contributed by atoms with Gasteiger partial charge in [0.2, 0.25) is 11.8 Å². The number of hydrogen-bond donors (Lipinski definition) is 1. The zero-order valence-corrected chi connectivity index (χ0v) is 13.8. The van der Waals surface area contributed by atoms with Crippen LogP contribution >= 0.6 is 0 Å². The number of carbonyl (C=O) groups is 3. The second-order valence-electron chi connectivity index (χ2n) is 6.41. The molecule has 0 radical (unpaired) electrons. The molecule has 2 amide bonds. The lowest BCUT2D eigenvalue weighted by Crippen LogP contribution is -2.41. The third-order valence-electron chi connectivity index (χ3n) is 4.72. The quantitative estimate of drug-likeness (QED) is 0.855. The Kier molecular flexibility index (Phi) is 4.94. The zero-order valence-electron chi connectivity index (χ0n) is 13.8. The van der Waals surface area contributed by atoms with Crippen LogP contribution in [-0.2, 0) is 14.3 Å². The van der Waals surface area contributed by atoms with Gasteiger partial charge in [0.15, 0.2) is 5.78 Å². The van der Waals surface area contributed by atoms with Crippen LogP contribution in [0.5, 0.6) is 0 Å². The van der Waals surface area contributed by atoms with E-state index in [1.165, 1.54) is 6.92 Å². The molecule has 1 unspecified atom stereocenters. The van der Waals surface area contributed by atoms with Crippen molar-refractivity contribution in [2.24, 2.45) is 5.92 Å². The Labute approximate surface area is 141 Å². The topological polar surface area (TPSA) is 75.7 Å². The maximum atomic E-state index is 12.4. The standard InChI is InChI=1S/C18H22N2O4/c1-12(21)13-2-4-15(5-3-13)19-18(23)14-10-17(22)20(11-14)16-6-8-24-9-7-16/h2-5,14,16H,6-11H2,1H3,(H,19,23). The molecule has 1 aromatic carbocycles. The average molecular weight is 330 g/mol. The first-order valence-corrected chi connectivity index (χ1v) is 8.33. The Bertz CT molecular complexity index is 635. The van der Waals surface area contributed by atoms with Gasteiger partial charge in [0.05, 0.1) is 5.92 Å². The molecule has 2 aliphatic heterocycles. The zero-order chi connectivity index (χ0) is 17.1. The Balaban J connectivity index is 1.59. The Morgan fingerprint density at radius 2 is 1.83 bits per heavy atom. The molecule has 2 saturated heterocycles. The van der Waals surface area contributed by atoms with Gasteiger partial charge in [0.1, 0.15) is 0 Å². The third kappa shape index (κ3) is 3.64. The van der Waals surface area contributed by atoms with Gasteiger partial charge in [-0.1, -0.05) is 0 Å². The molecule has 3 rings (SSSR count). The molecule has 24 heavy (non-hydrogen) atoms. The lowest BCUT2D eigenvalue weighted by molar-refractivity contribution is -0.131. The average Bonchev–Trinajstić information content (AvgIpc) is 2.98. The summed E-state index contributed by atoms with van der Waals surface area (Å²) in [6, 6.07) is 6.99. The van der Waals surface area contributed by atoms with Gasteiger partial charge >= 0.3 is 0 Å². The molecule has 2 fully saturated rings. The van der Waals surface area contributed by atoms with Crippen molar-refractivity contribution in [3.8, 4) is 0 Å². The highest BCUT2D eigenvalue weighted by Crippen LogP contribution is 2.26. The molecule has 0 saturated carbocycles. The normalized spacial score (nSPS) is 21.8. The summed E-state index contributed by atoms with van der Waals surface area (Å²) >= 11 is 0. The van der Waals surface area contributed by atoms with Crippen molar-refractivity contribution in [3.05, 3.63) is 29.8 Å². The Morgan fingerprint density at radius 3 is 2.46 bits per heavy atom. The second-order valence-corrected chi connectivity index (χ2v) is 6.41. The van der Waals surface area contributed by atoms with Gasteiger partial charge in [-0.25, -0.2) is 0 Å². The van der Waals surface area contributed by atoms with Crippen LogP contribution in [0.2, 0.25) is 0 Å². The highest BCUT2D eigenvalue weighted by molar-refractivity contribution is 5.98. The predicted molar refractivity (Wildman–Crippen MR) is 88.7 cm³/mol. The monoisotopic (exact) mass is 330 g/mol. The minimum atomic E-state index is -0.326.